The largest absolute Gasteiger partial charge is 0.308 e. The van der Waals surface area contributed by atoms with Crippen LogP contribution in [0.1, 0.15) is 37.7 Å². The number of aryl methyl sites for hydroxylation is 1. The zero-order valence-corrected chi connectivity index (χ0v) is 13.8. The lowest BCUT2D eigenvalue weighted by molar-refractivity contribution is 0.394. The first-order valence-corrected chi connectivity index (χ1v) is 7.78. The highest BCUT2D eigenvalue weighted by Crippen LogP contribution is 2.24. The van der Waals surface area contributed by atoms with Gasteiger partial charge in [-0.05, 0) is 30.0 Å². The molecule has 0 atom stereocenters. The summed E-state index contributed by atoms with van der Waals surface area (Å²) in [6.45, 7) is 9.69. The van der Waals surface area contributed by atoms with E-state index >= 15 is 0 Å². The molecule has 0 bridgehead atoms. The van der Waals surface area contributed by atoms with E-state index in [4.69, 9.17) is 4.98 Å². The fourth-order valence-corrected chi connectivity index (χ4v) is 2.77. The second-order valence-corrected chi connectivity index (χ2v) is 7.19. The summed E-state index contributed by atoms with van der Waals surface area (Å²) in [5, 5.41) is 0. The molecule has 3 nitrogen and oxygen atoms in total. The van der Waals surface area contributed by atoms with Crippen LogP contribution in [0.5, 0.6) is 0 Å². The summed E-state index contributed by atoms with van der Waals surface area (Å²) >= 11 is 0. The van der Waals surface area contributed by atoms with Crippen molar-refractivity contribution in [1.82, 2.24) is 14.5 Å². The minimum absolute atomic E-state index is 0.200. The Morgan fingerprint density at radius 3 is 2.64 bits per heavy atom. The number of pyridine rings is 1. The van der Waals surface area contributed by atoms with Crippen molar-refractivity contribution < 1.29 is 0 Å². The van der Waals surface area contributed by atoms with Gasteiger partial charge in [0, 0.05) is 12.6 Å². The van der Waals surface area contributed by atoms with Crippen LogP contribution in [0.4, 0.5) is 0 Å². The van der Waals surface area contributed by atoms with Gasteiger partial charge in [0.2, 0.25) is 0 Å². The third-order valence-corrected chi connectivity index (χ3v) is 3.69. The molecule has 1 aromatic carbocycles. The summed E-state index contributed by atoms with van der Waals surface area (Å²) in [4.78, 5) is 9.37. The average Bonchev–Trinajstić information content (AvgIpc) is 2.75. The lowest BCUT2D eigenvalue weighted by atomic mass is 9.92. The Bertz CT molecular complexity index is 794. The summed E-state index contributed by atoms with van der Waals surface area (Å²) in [5.41, 5.74) is 4.73. The van der Waals surface area contributed by atoms with Crippen molar-refractivity contribution >= 4 is 11.2 Å². The van der Waals surface area contributed by atoms with Crippen LogP contribution < -0.4 is 0 Å². The monoisotopic (exact) mass is 293 g/mol. The van der Waals surface area contributed by atoms with Crippen LogP contribution in [-0.2, 0) is 13.0 Å². The number of rotatable bonds is 3. The first-order valence-electron chi connectivity index (χ1n) is 7.78. The minimum atomic E-state index is 0.200. The van der Waals surface area contributed by atoms with Crippen LogP contribution in [0.2, 0.25) is 0 Å². The van der Waals surface area contributed by atoms with Crippen LogP contribution in [-0.4, -0.2) is 14.5 Å². The average molecular weight is 293 g/mol. The Kier molecular flexibility index (Phi) is 3.73. The SMILES string of the molecule is Cc1cccc(Cn2c(CC(C)(C)C)nc3cccnc32)c1. The summed E-state index contributed by atoms with van der Waals surface area (Å²) < 4.78 is 2.26. The van der Waals surface area contributed by atoms with Crippen LogP contribution in [0.3, 0.4) is 0 Å². The number of hydrogen-bond donors (Lipinski definition) is 0. The number of imidazole rings is 1. The Morgan fingerprint density at radius 1 is 1.09 bits per heavy atom. The molecular formula is C19H23N3. The summed E-state index contributed by atoms with van der Waals surface area (Å²) in [6, 6.07) is 12.6. The molecule has 0 saturated heterocycles. The second kappa shape index (κ2) is 5.56. The molecule has 0 saturated carbocycles. The van der Waals surface area contributed by atoms with Crippen molar-refractivity contribution in [2.45, 2.75) is 40.7 Å². The number of aromatic nitrogens is 3. The van der Waals surface area contributed by atoms with Crippen LogP contribution >= 0.6 is 0 Å². The quantitative estimate of drug-likeness (QED) is 0.717. The van der Waals surface area contributed by atoms with Gasteiger partial charge in [-0.25, -0.2) is 9.97 Å². The molecule has 0 N–H and O–H groups in total. The van der Waals surface area contributed by atoms with Crippen LogP contribution in [0, 0.1) is 12.3 Å². The zero-order chi connectivity index (χ0) is 15.7. The Labute approximate surface area is 132 Å². The predicted octanol–water partition coefficient (Wildman–Crippen LogP) is 4.38. The van der Waals surface area contributed by atoms with E-state index in [1.165, 1.54) is 11.1 Å². The van der Waals surface area contributed by atoms with Crippen molar-refractivity contribution in [2.24, 2.45) is 5.41 Å². The van der Waals surface area contributed by atoms with E-state index in [2.05, 4.69) is 61.5 Å². The topological polar surface area (TPSA) is 30.7 Å². The van der Waals surface area contributed by atoms with E-state index < -0.39 is 0 Å². The van der Waals surface area contributed by atoms with Gasteiger partial charge in [0.1, 0.15) is 11.3 Å². The van der Waals surface area contributed by atoms with E-state index in [0.29, 0.717) is 0 Å². The van der Waals surface area contributed by atoms with Crippen molar-refractivity contribution in [3.05, 3.63) is 59.5 Å². The fourth-order valence-electron chi connectivity index (χ4n) is 2.77. The van der Waals surface area contributed by atoms with Crippen molar-refractivity contribution in [3.63, 3.8) is 0 Å². The van der Waals surface area contributed by atoms with Crippen molar-refractivity contribution in [1.29, 1.82) is 0 Å². The van der Waals surface area contributed by atoms with Gasteiger partial charge in [0.05, 0.1) is 6.54 Å². The molecule has 0 aliphatic rings. The maximum absolute atomic E-state index is 4.82. The first-order chi connectivity index (χ1) is 10.4. The molecule has 0 amide bonds. The van der Waals surface area contributed by atoms with Crippen LogP contribution in [0.15, 0.2) is 42.6 Å². The van der Waals surface area contributed by atoms with Gasteiger partial charge in [0.15, 0.2) is 5.65 Å². The van der Waals surface area contributed by atoms with E-state index in [-0.39, 0.29) is 5.41 Å². The molecule has 0 aliphatic heterocycles. The normalized spacial score (nSPS) is 12.0. The molecule has 0 unspecified atom stereocenters. The third-order valence-electron chi connectivity index (χ3n) is 3.69. The molecule has 2 heterocycles. The predicted molar refractivity (Wildman–Crippen MR) is 91.0 cm³/mol. The molecular weight excluding hydrogens is 270 g/mol. The molecule has 0 radical (unpaired) electrons. The van der Waals surface area contributed by atoms with Gasteiger partial charge >= 0.3 is 0 Å². The standard InChI is InChI=1S/C19H23N3/c1-14-7-5-8-15(11-14)13-22-17(12-19(2,3)4)21-16-9-6-10-20-18(16)22/h5-11H,12-13H2,1-4H3. The summed E-state index contributed by atoms with van der Waals surface area (Å²) in [5.74, 6) is 1.11. The fraction of sp³-hybridized carbons (Fsp3) is 0.368. The molecule has 114 valence electrons. The Balaban J connectivity index is 2.07. The maximum Gasteiger partial charge on any atom is 0.160 e. The number of benzene rings is 1. The highest BCUT2D eigenvalue weighted by atomic mass is 15.1. The first kappa shape index (κ1) is 14.8. The molecule has 0 fully saturated rings. The number of hydrogen-bond acceptors (Lipinski definition) is 2. The zero-order valence-electron chi connectivity index (χ0n) is 13.8. The minimum Gasteiger partial charge on any atom is -0.308 e. The Morgan fingerprint density at radius 2 is 1.91 bits per heavy atom. The lowest BCUT2D eigenvalue weighted by Gasteiger charge is -2.18. The van der Waals surface area contributed by atoms with E-state index in [1.807, 2.05) is 18.3 Å². The maximum atomic E-state index is 4.82. The molecule has 3 aromatic rings. The summed E-state index contributed by atoms with van der Waals surface area (Å²) in [6.07, 6.45) is 2.78. The van der Waals surface area contributed by atoms with E-state index in [0.717, 1.165) is 30.0 Å². The van der Waals surface area contributed by atoms with E-state index in [1.54, 1.807) is 0 Å². The highest BCUT2D eigenvalue weighted by molar-refractivity contribution is 5.71. The van der Waals surface area contributed by atoms with Gasteiger partial charge in [-0.2, -0.15) is 0 Å². The lowest BCUT2D eigenvalue weighted by Crippen LogP contribution is -2.15. The number of fused-ring (bicyclic) bond motifs is 1. The smallest absolute Gasteiger partial charge is 0.160 e. The molecule has 0 spiro atoms. The van der Waals surface area contributed by atoms with Gasteiger partial charge in [-0.15, -0.1) is 0 Å². The van der Waals surface area contributed by atoms with Gasteiger partial charge in [0.25, 0.3) is 0 Å². The van der Waals surface area contributed by atoms with Gasteiger partial charge in [-0.3, -0.25) is 0 Å². The summed E-state index contributed by atoms with van der Waals surface area (Å²) in [7, 11) is 0. The Hall–Kier alpha value is -2.16. The van der Waals surface area contributed by atoms with Crippen LogP contribution in [0.25, 0.3) is 11.2 Å². The van der Waals surface area contributed by atoms with Gasteiger partial charge < -0.3 is 4.57 Å². The highest BCUT2D eigenvalue weighted by Gasteiger charge is 2.18. The van der Waals surface area contributed by atoms with E-state index in [9.17, 15) is 0 Å². The van der Waals surface area contributed by atoms with Gasteiger partial charge in [-0.1, -0.05) is 50.6 Å². The molecule has 3 heteroatoms. The molecule has 2 aromatic heterocycles. The van der Waals surface area contributed by atoms with Crippen molar-refractivity contribution in [2.75, 3.05) is 0 Å². The molecule has 0 aliphatic carbocycles. The van der Waals surface area contributed by atoms with Crippen molar-refractivity contribution in [3.8, 4) is 0 Å². The molecule has 22 heavy (non-hydrogen) atoms. The second-order valence-electron chi connectivity index (χ2n) is 7.19. The number of nitrogens with zero attached hydrogens (tertiary/aromatic N) is 3. The third kappa shape index (κ3) is 3.19. The molecule has 3 rings (SSSR count).